The van der Waals surface area contributed by atoms with E-state index in [0.717, 1.165) is 5.82 Å². The Hall–Kier alpha value is -1.65. The summed E-state index contributed by atoms with van der Waals surface area (Å²) in [6, 6.07) is 0.537. The smallest absolute Gasteiger partial charge is 0.356 e. The minimum Gasteiger partial charge on any atom is -0.476 e. The molecule has 1 aromatic rings. The lowest BCUT2D eigenvalue weighted by atomic mass is 9.92. The van der Waals surface area contributed by atoms with Crippen molar-refractivity contribution >= 4 is 11.8 Å². The van der Waals surface area contributed by atoms with E-state index in [4.69, 9.17) is 5.11 Å². The molecule has 1 aliphatic rings. The number of aromatic nitrogens is 2. The molecule has 1 heterocycles. The Bertz CT molecular complexity index is 359. The van der Waals surface area contributed by atoms with Crippen molar-refractivity contribution in [3.05, 3.63) is 18.1 Å². The number of carboxylic acid groups (broad SMARTS) is 1. The predicted molar refractivity (Wildman–Crippen MR) is 55.0 cm³/mol. The highest BCUT2D eigenvalue weighted by Gasteiger charge is 2.23. The molecule has 0 saturated heterocycles. The first-order valence-electron chi connectivity index (χ1n) is 4.96. The molecule has 5 heteroatoms. The molecule has 5 nitrogen and oxygen atoms in total. The largest absolute Gasteiger partial charge is 0.476 e. The standard InChI is InChI=1S/C10H13N3O2/c1-13(7-3-2-4-7)9-6-11-8(5-12-9)10(14)15/h5-7H,2-4H2,1H3,(H,14,15). The molecule has 1 saturated carbocycles. The minimum atomic E-state index is -1.04. The monoisotopic (exact) mass is 207 g/mol. The van der Waals surface area contributed by atoms with E-state index in [-0.39, 0.29) is 5.69 Å². The van der Waals surface area contributed by atoms with Gasteiger partial charge in [-0.1, -0.05) is 0 Å². The van der Waals surface area contributed by atoms with E-state index in [9.17, 15) is 4.79 Å². The molecule has 0 aromatic carbocycles. The highest BCUT2D eigenvalue weighted by atomic mass is 16.4. The van der Waals surface area contributed by atoms with Crippen LogP contribution in [0.2, 0.25) is 0 Å². The Labute approximate surface area is 87.8 Å². The third-order valence-electron chi connectivity index (χ3n) is 2.84. The summed E-state index contributed by atoms with van der Waals surface area (Å²) in [7, 11) is 1.97. The molecule has 15 heavy (non-hydrogen) atoms. The molecule has 0 spiro atoms. The van der Waals surface area contributed by atoms with Crippen LogP contribution in [0.3, 0.4) is 0 Å². The number of hydrogen-bond donors (Lipinski definition) is 1. The number of carbonyl (C=O) groups is 1. The van der Waals surface area contributed by atoms with Crippen LogP contribution in [0.4, 0.5) is 5.82 Å². The van der Waals surface area contributed by atoms with Gasteiger partial charge in [-0.2, -0.15) is 0 Å². The SMILES string of the molecule is CN(c1cnc(C(=O)O)cn1)C1CCC1. The summed E-state index contributed by atoms with van der Waals surface area (Å²) in [5, 5.41) is 8.66. The molecule has 0 atom stereocenters. The average molecular weight is 207 g/mol. The van der Waals surface area contributed by atoms with Gasteiger partial charge in [-0.15, -0.1) is 0 Å². The van der Waals surface area contributed by atoms with Gasteiger partial charge in [-0.25, -0.2) is 14.8 Å². The molecule has 1 aromatic heterocycles. The van der Waals surface area contributed by atoms with Crippen LogP contribution in [0.15, 0.2) is 12.4 Å². The van der Waals surface area contributed by atoms with Crippen LogP contribution in [0, 0.1) is 0 Å². The van der Waals surface area contributed by atoms with Gasteiger partial charge in [-0.3, -0.25) is 0 Å². The molecule has 0 unspecified atom stereocenters. The van der Waals surface area contributed by atoms with E-state index >= 15 is 0 Å². The number of nitrogens with zero attached hydrogens (tertiary/aromatic N) is 3. The van der Waals surface area contributed by atoms with Gasteiger partial charge in [0.2, 0.25) is 0 Å². The number of aromatic carboxylic acids is 1. The number of carboxylic acids is 1. The van der Waals surface area contributed by atoms with Gasteiger partial charge in [0, 0.05) is 13.1 Å². The third kappa shape index (κ3) is 1.91. The van der Waals surface area contributed by atoms with Gasteiger partial charge >= 0.3 is 5.97 Å². The van der Waals surface area contributed by atoms with Crippen LogP contribution in [-0.4, -0.2) is 34.1 Å². The highest BCUT2D eigenvalue weighted by molar-refractivity contribution is 5.84. The lowest BCUT2D eigenvalue weighted by molar-refractivity contribution is 0.0690. The molecule has 1 N–H and O–H groups in total. The quantitative estimate of drug-likeness (QED) is 0.805. The average Bonchev–Trinajstić information content (AvgIpc) is 2.15. The van der Waals surface area contributed by atoms with Gasteiger partial charge < -0.3 is 10.0 Å². The van der Waals surface area contributed by atoms with Crippen molar-refractivity contribution in [1.29, 1.82) is 0 Å². The lowest BCUT2D eigenvalue weighted by Gasteiger charge is -2.35. The van der Waals surface area contributed by atoms with Crippen LogP contribution in [0.25, 0.3) is 0 Å². The van der Waals surface area contributed by atoms with Crippen molar-refractivity contribution in [3.8, 4) is 0 Å². The molecule has 0 radical (unpaired) electrons. The minimum absolute atomic E-state index is 0.0132. The third-order valence-corrected chi connectivity index (χ3v) is 2.84. The Balaban J connectivity index is 2.11. The normalized spacial score (nSPS) is 15.8. The van der Waals surface area contributed by atoms with E-state index in [1.54, 1.807) is 0 Å². The summed E-state index contributed by atoms with van der Waals surface area (Å²) in [4.78, 5) is 20.5. The van der Waals surface area contributed by atoms with Crippen LogP contribution < -0.4 is 4.90 Å². The summed E-state index contributed by atoms with van der Waals surface area (Å²) >= 11 is 0. The summed E-state index contributed by atoms with van der Waals surface area (Å²) in [6.45, 7) is 0. The van der Waals surface area contributed by atoms with Gasteiger partial charge in [0.15, 0.2) is 5.69 Å². The molecular weight excluding hydrogens is 194 g/mol. The highest BCUT2D eigenvalue weighted by Crippen LogP contribution is 2.26. The summed E-state index contributed by atoms with van der Waals surface area (Å²) in [6.07, 6.45) is 6.43. The maximum absolute atomic E-state index is 10.6. The Morgan fingerprint density at radius 1 is 1.47 bits per heavy atom. The second-order valence-electron chi connectivity index (χ2n) is 3.76. The van der Waals surface area contributed by atoms with E-state index < -0.39 is 5.97 Å². The van der Waals surface area contributed by atoms with E-state index in [2.05, 4.69) is 14.9 Å². The zero-order valence-corrected chi connectivity index (χ0v) is 8.55. The molecular formula is C10H13N3O2. The topological polar surface area (TPSA) is 66.3 Å². The number of rotatable bonds is 3. The van der Waals surface area contributed by atoms with E-state index in [0.29, 0.717) is 6.04 Å². The van der Waals surface area contributed by atoms with Gasteiger partial charge in [0.05, 0.1) is 12.4 Å². The Morgan fingerprint density at radius 2 is 2.20 bits per heavy atom. The first kappa shape index (κ1) is 9.89. The molecule has 2 rings (SSSR count). The molecule has 1 fully saturated rings. The van der Waals surface area contributed by atoms with Crippen LogP contribution in [0.5, 0.6) is 0 Å². The van der Waals surface area contributed by atoms with Crippen LogP contribution >= 0.6 is 0 Å². The Morgan fingerprint density at radius 3 is 2.60 bits per heavy atom. The molecule has 0 amide bonds. The van der Waals surface area contributed by atoms with E-state index in [1.807, 2.05) is 7.05 Å². The van der Waals surface area contributed by atoms with Gasteiger partial charge in [0.25, 0.3) is 0 Å². The summed E-state index contributed by atoms with van der Waals surface area (Å²) < 4.78 is 0. The predicted octanol–water partition coefficient (Wildman–Crippen LogP) is 1.16. The van der Waals surface area contributed by atoms with Crippen LogP contribution in [-0.2, 0) is 0 Å². The van der Waals surface area contributed by atoms with Crippen molar-refractivity contribution in [2.75, 3.05) is 11.9 Å². The fourth-order valence-corrected chi connectivity index (χ4v) is 1.57. The maximum Gasteiger partial charge on any atom is 0.356 e. The molecule has 1 aliphatic carbocycles. The van der Waals surface area contributed by atoms with Crippen LogP contribution in [0.1, 0.15) is 29.8 Å². The summed E-state index contributed by atoms with van der Waals surface area (Å²) in [5.41, 5.74) is -0.0132. The van der Waals surface area contributed by atoms with E-state index in [1.165, 1.54) is 31.7 Å². The van der Waals surface area contributed by atoms with Crippen molar-refractivity contribution in [2.24, 2.45) is 0 Å². The zero-order valence-electron chi connectivity index (χ0n) is 8.55. The molecule has 80 valence electrons. The van der Waals surface area contributed by atoms with Gasteiger partial charge in [0.1, 0.15) is 5.82 Å². The number of anilines is 1. The van der Waals surface area contributed by atoms with Crippen molar-refractivity contribution in [3.63, 3.8) is 0 Å². The first-order chi connectivity index (χ1) is 7.18. The fourth-order valence-electron chi connectivity index (χ4n) is 1.57. The maximum atomic E-state index is 10.6. The molecule has 0 bridgehead atoms. The van der Waals surface area contributed by atoms with Gasteiger partial charge in [-0.05, 0) is 19.3 Å². The summed E-state index contributed by atoms with van der Waals surface area (Å²) in [5.74, 6) is -0.301. The van der Waals surface area contributed by atoms with Crippen molar-refractivity contribution < 1.29 is 9.90 Å². The fraction of sp³-hybridized carbons (Fsp3) is 0.500. The lowest BCUT2D eigenvalue weighted by Crippen LogP contribution is -2.37. The second-order valence-corrected chi connectivity index (χ2v) is 3.76. The Kier molecular flexibility index (Phi) is 2.53. The zero-order chi connectivity index (χ0) is 10.8. The number of hydrogen-bond acceptors (Lipinski definition) is 4. The first-order valence-corrected chi connectivity index (χ1v) is 4.96. The van der Waals surface area contributed by atoms with Crippen molar-refractivity contribution in [1.82, 2.24) is 9.97 Å². The second kappa shape index (κ2) is 3.84. The van der Waals surface area contributed by atoms with Crippen molar-refractivity contribution in [2.45, 2.75) is 25.3 Å². The molecule has 0 aliphatic heterocycles.